The minimum atomic E-state index is -3.23. The highest BCUT2D eigenvalue weighted by atomic mass is 19.3. The fourth-order valence-corrected chi connectivity index (χ4v) is 3.97. The van der Waals surface area contributed by atoms with E-state index < -0.39 is 12.0 Å². The molecule has 0 N–H and O–H groups in total. The lowest BCUT2D eigenvalue weighted by Gasteiger charge is -2.32. The van der Waals surface area contributed by atoms with Gasteiger partial charge in [-0.25, -0.2) is 4.39 Å². The van der Waals surface area contributed by atoms with Gasteiger partial charge in [0, 0.05) is 0 Å². The lowest BCUT2D eigenvalue weighted by molar-refractivity contribution is -0.222. The predicted octanol–water partition coefficient (Wildman–Crippen LogP) is 7.45. The molecule has 1 saturated carbocycles. The van der Waals surface area contributed by atoms with E-state index in [1.807, 2.05) is 13.0 Å². The van der Waals surface area contributed by atoms with Gasteiger partial charge in [0.25, 0.3) is 0 Å². The van der Waals surface area contributed by atoms with Gasteiger partial charge >= 0.3 is 6.11 Å². The third-order valence-electron chi connectivity index (χ3n) is 5.56. The van der Waals surface area contributed by atoms with Crippen LogP contribution in [0.3, 0.4) is 0 Å². The van der Waals surface area contributed by atoms with Gasteiger partial charge < -0.3 is 4.74 Å². The van der Waals surface area contributed by atoms with Crippen LogP contribution in [0.2, 0.25) is 0 Å². The maximum Gasteiger partial charge on any atom is 0.400 e. The van der Waals surface area contributed by atoms with Gasteiger partial charge in [-0.1, -0.05) is 24.3 Å². The van der Waals surface area contributed by atoms with Gasteiger partial charge in [-0.3, -0.25) is 0 Å². The number of alkyl halides is 2. The van der Waals surface area contributed by atoms with Gasteiger partial charge in [-0.15, -0.1) is 6.58 Å². The van der Waals surface area contributed by atoms with Crippen LogP contribution in [-0.4, -0.2) is 6.11 Å². The van der Waals surface area contributed by atoms with Gasteiger partial charge in [-0.2, -0.15) is 8.78 Å². The summed E-state index contributed by atoms with van der Waals surface area (Å²) in [4.78, 5) is 0. The van der Waals surface area contributed by atoms with Crippen LogP contribution in [0.5, 0.6) is 5.75 Å². The topological polar surface area (TPSA) is 9.23 Å². The number of allylic oxidation sites excluding steroid dienone is 3. The van der Waals surface area contributed by atoms with Crippen molar-refractivity contribution in [1.82, 2.24) is 0 Å². The fraction of sp³-hybridized carbons (Fsp3) is 0.417. The molecule has 0 atom stereocenters. The van der Waals surface area contributed by atoms with Gasteiger partial charge in [0.05, 0.1) is 5.92 Å². The van der Waals surface area contributed by atoms with Crippen LogP contribution < -0.4 is 4.74 Å². The third-order valence-corrected chi connectivity index (χ3v) is 5.56. The highest BCUT2D eigenvalue weighted by Crippen LogP contribution is 2.40. The lowest BCUT2D eigenvalue weighted by atomic mass is 9.81. The molecule has 0 aromatic heterocycles. The first-order valence-electron chi connectivity index (χ1n) is 9.95. The molecule has 1 aliphatic rings. The summed E-state index contributed by atoms with van der Waals surface area (Å²) in [5.41, 5.74) is 0.601. The Hall–Kier alpha value is -2.23. The molecule has 150 valence electrons. The molecule has 0 unspecified atom stereocenters. The Bertz CT molecular complexity index is 848. The van der Waals surface area contributed by atoms with E-state index in [4.69, 9.17) is 4.74 Å². The summed E-state index contributed by atoms with van der Waals surface area (Å²) in [6.45, 7) is 5.60. The maximum atomic E-state index is 14.7. The zero-order valence-corrected chi connectivity index (χ0v) is 16.3. The van der Waals surface area contributed by atoms with Crippen LogP contribution in [-0.2, 0) is 6.42 Å². The average Bonchev–Trinajstić information content (AvgIpc) is 2.67. The average molecular weight is 388 g/mol. The molecule has 4 heteroatoms. The lowest BCUT2D eigenvalue weighted by Crippen LogP contribution is -2.37. The Kier molecular flexibility index (Phi) is 6.48. The number of hydrogen-bond acceptors (Lipinski definition) is 1. The van der Waals surface area contributed by atoms with Crippen LogP contribution in [0.4, 0.5) is 13.2 Å². The zero-order chi connectivity index (χ0) is 20.1. The van der Waals surface area contributed by atoms with Gasteiger partial charge in [-0.05, 0) is 92.0 Å². The summed E-state index contributed by atoms with van der Waals surface area (Å²) in [5.74, 6) is -0.662. The minimum absolute atomic E-state index is 0.0753. The molecule has 0 heterocycles. The largest absolute Gasteiger partial charge is 0.432 e. The van der Waals surface area contributed by atoms with Crippen molar-refractivity contribution in [2.75, 3.05) is 0 Å². The van der Waals surface area contributed by atoms with E-state index in [1.54, 1.807) is 18.2 Å². The van der Waals surface area contributed by atoms with E-state index in [9.17, 15) is 13.2 Å². The van der Waals surface area contributed by atoms with Crippen molar-refractivity contribution >= 4 is 10.8 Å². The first-order valence-corrected chi connectivity index (χ1v) is 9.95. The summed E-state index contributed by atoms with van der Waals surface area (Å²) in [6.07, 6.45) is 6.24. The van der Waals surface area contributed by atoms with E-state index in [0.29, 0.717) is 42.6 Å². The van der Waals surface area contributed by atoms with Crippen molar-refractivity contribution < 1.29 is 17.9 Å². The molecule has 28 heavy (non-hydrogen) atoms. The van der Waals surface area contributed by atoms with Crippen LogP contribution in [0.15, 0.2) is 55.1 Å². The standard InChI is InChI=1S/C24H27F3O/c1-3-5-7-19-14-18-10-13-22(15-20(18)16-23(19)25)28-24(26,27)21-11-8-17(6-4-2)9-12-21/h3-4,6,10,13-17,21H,1,5,7-9,11-12H2,2H3/b6-4+. The van der Waals surface area contributed by atoms with Crippen molar-refractivity contribution in [3.8, 4) is 5.75 Å². The number of ether oxygens (including phenoxy) is 1. The summed E-state index contributed by atoms with van der Waals surface area (Å²) in [6, 6.07) is 7.89. The van der Waals surface area contributed by atoms with E-state index >= 15 is 0 Å². The monoisotopic (exact) mass is 388 g/mol. The molecule has 2 aromatic carbocycles. The summed E-state index contributed by atoms with van der Waals surface area (Å²) in [5, 5.41) is 1.37. The number of aryl methyl sites for hydroxylation is 1. The molecule has 0 saturated heterocycles. The molecule has 0 bridgehead atoms. The molecule has 0 spiro atoms. The molecule has 0 amide bonds. The van der Waals surface area contributed by atoms with Gasteiger partial charge in [0.1, 0.15) is 11.6 Å². The number of hydrogen-bond donors (Lipinski definition) is 0. The summed E-state index contributed by atoms with van der Waals surface area (Å²) in [7, 11) is 0. The molecular weight excluding hydrogens is 361 g/mol. The molecule has 1 nitrogen and oxygen atoms in total. The van der Waals surface area contributed by atoms with Crippen LogP contribution >= 0.6 is 0 Å². The molecule has 0 aliphatic heterocycles. The maximum absolute atomic E-state index is 14.7. The van der Waals surface area contributed by atoms with E-state index in [2.05, 4.69) is 12.7 Å². The van der Waals surface area contributed by atoms with Crippen molar-refractivity contribution in [1.29, 1.82) is 0 Å². The Morgan fingerprint density at radius 1 is 1.11 bits per heavy atom. The fourth-order valence-electron chi connectivity index (χ4n) is 3.97. The molecule has 3 rings (SSSR count). The smallest absolute Gasteiger partial charge is 0.400 e. The second-order valence-electron chi connectivity index (χ2n) is 7.58. The molecule has 2 aromatic rings. The molecule has 1 fully saturated rings. The highest BCUT2D eigenvalue weighted by molar-refractivity contribution is 5.84. The van der Waals surface area contributed by atoms with E-state index in [1.165, 1.54) is 18.2 Å². The Balaban J connectivity index is 1.73. The SMILES string of the molecule is C=CCCc1cc2ccc(OC(F)(F)C3CCC(/C=C/C)CC3)cc2cc1F. The van der Waals surface area contributed by atoms with Crippen molar-refractivity contribution in [2.24, 2.45) is 11.8 Å². The second kappa shape index (κ2) is 8.85. The Labute approximate surface area is 164 Å². The summed E-state index contributed by atoms with van der Waals surface area (Å²) >= 11 is 0. The predicted molar refractivity (Wildman–Crippen MR) is 108 cm³/mol. The van der Waals surface area contributed by atoms with Crippen molar-refractivity contribution in [2.45, 2.75) is 51.6 Å². The first-order chi connectivity index (χ1) is 13.4. The minimum Gasteiger partial charge on any atom is -0.432 e. The van der Waals surface area contributed by atoms with Crippen LogP contribution in [0, 0.1) is 17.7 Å². The molecule has 1 aliphatic carbocycles. The highest BCUT2D eigenvalue weighted by Gasteiger charge is 2.43. The van der Waals surface area contributed by atoms with E-state index in [0.717, 1.165) is 18.2 Å². The number of fused-ring (bicyclic) bond motifs is 1. The first kappa shape index (κ1) is 20.5. The number of halogens is 3. The van der Waals surface area contributed by atoms with Gasteiger partial charge in [0.15, 0.2) is 0 Å². The zero-order valence-electron chi connectivity index (χ0n) is 16.3. The Morgan fingerprint density at radius 2 is 1.86 bits per heavy atom. The third kappa shape index (κ3) is 4.78. The normalized spacial score (nSPS) is 20.6. The summed E-state index contributed by atoms with van der Waals surface area (Å²) < 4.78 is 48.7. The second-order valence-corrected chi connectivity index (χ2v) is 7.58. The van der Waals surface area contributed by atoms with Crippen molar-refractivity contribution in [3.63, 3.8) is 0 Å². The molecule has 0 radical (unpaired) electrons. The number of rotatable bonds is 7. The Morgan fingerprint density at radius 3 is 2.54 bits per heavy atom. The number of benzene rings is 2. The quantitative estimate of drug-likeness (QED) is 0.448. The van der Waals surface area contributed by atoms with Gasteiger partial charge in [0.2, 0.25) is 0 Å². The molecular formula is C24H27F3O. The van der Waals surface area contributed by atoms with Crippen LogP contribution in [0.25, 0.3) is 10.8 Å². The van der Waals surface area contributed by atoms with Crippen LogP contribution in [0.1, 0.15) is 44.6 Å². The van der Waals surface area contributed by atoms with Crippen molar-refractivity contribution in [3.05, 3.63) is 66.5 Å². The van der Waals surface area contributed by atoms with E-state index in [-0.39, 0.29) is 11.6 Å².